The van der Waals surface area contributed by atoms with Crippen molar-refractivity contribution in [1.82, 2.24) is 0 Å². The van der Waals surface area contributed by atoms with Crippen molar-refractivity contribution >= 4 is 28.5 Å². The largest absolute Gasteiger partial charge is 0.461 e. The summed E-state index contributed by atoms with van der Waals surface area (Å²) >= 11 is 0. The van der Waals surface area contributed by atoms with Crippen LogP contribution in [0, 0.1) is 6.92 Å². The molecular weight excluding hydrogens is 360 g/mol. The maximum absolute atomic E-state index is 12.3. The van der Waals surface area contributed by atoms with Crippen LogP contribution in [0.2, 0.25) is 0 Å². The van der Waals surface area contributed by atoms with Gasteiger partial charge in [-0.05, 0) is 30.2 Å². The Balaban J connectivity index is 1.58. The molecule has 3 N–H and O–H groups in total. The fourth-order valence-electron chi connectivity index (χ4n) is 2.71. The molecule has 144 valence electrons. The van der Waals surface area contributed by atoms with Gasteiger partial charge in [-0.2, -0.15) is 0 Å². The Labute approximate surface area is 161 Å². The molecule has 1 amide bonds. The number of hydrogen-bond donors (Lipinski definition) is 2. The van der Waals surface area contributed by atoms with Gasteiger partial charge in [0.1, 0.15) is 12.2 Å². The Morgan fingerprint density at radius 2 is 1.89 bits per heavy atom. The summed E-state index contributed by atoms with van der Waals surface area (Å²) in [6.07, 6.45) is -0.250. The molecular formula is C21H20N2O5. The molecule has 0 bridgehead atoms. The van der Waals surface area contributed by atoms with Crippen LogP contribution in [0.25, 0.3) is 11.0 Å². The first kappa shape index (κ1) is 19.3. The summed E-state index contributed by atoms with van der Waals surface area (Å²) in [6, 6.07) is 14.5. The average molecular weight is 380 g/mol. The van der Waals surface area contributed by atoms with Gasteiger partial charge in [0.15, 0.2) is 0 Å². The number of amides is 1. The van der Waals surface area contributed by atoms with E-state index in [1.54, 1.807) is 25.1 Å². The number of anilines is 1. The molecule has 0 saturated heterocycles. The molecule has 0 radical (unpaired) electrons. The number of rotatable bonds is 6. The van der Waals surface area contributed by atoms with Crippen LogP contribution in [0.3, 0.4) is 0 Å². The number of aryl methyl sites for hydroxylation is 1. The van der Waals surface area contributed by atoms with Crippen molar-refractivity contribution in [2.24, 2.45) is 5.73 Å². The smallest absolute Gasteiger partial charge is 0.336 e. The Morgan fingerprint density at radius 3 is 2.64 bits per heavy atom. The number of benzene rings is 2. The quantitative estimate of drug-likeness (QED) is 0.502. The molecule has 28 heavy (non-hydrogen) atoms. The summed E-state index contributed by atoms with van der Waals surface area (Å²) in [4.78, 5) is 35.7. The minimum Gasteiger partial charge on any atom is -0.461 e. The summed E-state index contributed by atoms with van der Waals surface area (Å²) in [5.74, 6) is -1.10. The highest BCUT2D eigenvalue weighted by atomic mass is 16.5. The fourth-order valence-corrected chi connectivity index (χ4v) is 2.71. The predicted molar refractivity (Wildman–Crippen MR) is 105 cm³/mol. The predicted octanol–water partition coefficient (Wildman–Crippen LogP) is 2.50. The second kappa shape index (κ2) is 8.49. The van der Waals surface area contributed by atoms with Gasteiger partial charge in [0.2, 0.25) is 5.91 Å². The third-order valence-corrected chi connectivity index (χ3v) is 4.18. The Kier molecular flexibility index (Phi) is 5.86. The van der Waals surface area contributed by atoms with Crippen LogP contribution in [0.4, 0.5) is 5.69 Å². The SMILES string of the molecule is Cc1cc(=O)oc2cc(NC(=O)C(N)CC(=O)OCc3ccccc3)ccc12. The van der Waals surface area contributed by atoms with E-state index in [0.29, 0.717) is 11.3 Å². The highest BCUT2D eigenvalue weighted by Crippen LogP contribution is 2.20. The van der Waals surface area contributed by atoms with E-state index >= 15 is 0 Å². The number of ether oxygens (including phenoxy) is 1. The van der Waals surface area contributed by atoms with E-state index < -0.39 is 23.5 Å². The third-order valence-electron chi connectivity index (χ3n) is 4.18. The highest BCUT2D eigenvalue weighted by Gasteiger charge is 2.19. The van der Waals surface area contributed by atoms with Crippen molar-refractivity contribution in [2.75, 3.05) is 5.32 Å². The number of fused-ring (bicyclic) bond motifs is 1. The van der Waals surface area contributed by atoms with Gasteiger partial charge in [0.05, 0.1) is 12.5 Å². The second-order valence-corrected chi connectivity index (χ2v) is 6.41. The van der Waals surface area contributed by atoms with Gasteiger partial charge in [-0.15, -0.1) is 0 Å². The van der Waals surface area contributed by atoms with Gasteiger partial charge in [-0.25, -0.2) is 4.79 Å². The van der Waals surface area contributed by atoms with Crippen molar-refractivity contribution in [3.8, 4) is 0 Å². The lowest BCUT2D eigenvalue weighted by Gasteiger charge is -2.12. The number of hydrogen-bond acceptors (Lipinski definition) is 6. The molecule has 1 atom stereocenters. The first-order valence-corrected chi connectivity index (χ1v) is 8.73. The number of esters is 1. The monoisotopic (exact) mass is 380 g/mol. The fraction of sp³-hybridized carbons (Fsp3) is 0.190. The zero-order valence-corrected chi connectivity index (χ0v) is 15.3. The topological polar surface area (TPSA) is 112 Å². The van der Waals surface area contributed by atoms with Crippen LogP contribution in [0.5, 0.6) is 0 Å². The molecule has 0 saturated carbocycles. The molecule has 0 fully saturated rings. The lowest BCUT2D eigenvalue weighted by atomic mass is 10.1. The van der Waals surface area contributed by atoms with Gasteiger partial charge in [0.25, 0.3) is 0 Å². The van der Waals surface area contributed by atoms with Crippen molar-refractivity contribution in [3.05, 3.63) is 76.1 Å². The molecule has 1 unspecified atom stereocenters. The summed E-state index contributed by atoms with van der Waals surface area (Å²) in [7, 11) is 0. The Hall–Kier alpha value is -3.45. The molecule has 0 aliphatic carbocycles. The standard InChI is InChI=1S/C21H20N2O5/c1-13-9-20(25)28-18-10-15(7-8-16(13)18)23-21(26)17(22)11-19(24)27-12-14-5-3-2-4-6-14/h2-10,17H,11-12,22H2,1H3,(H,23,26). The molecule has 3 aromatic rings. The maximum atomic E-state index is 12.3. The van der Waals surface area contributed by atoms with E-state index in [0.717, 1.165) is 16.5 Å². The lowest BCUT2D eigenvalue weighted by molar-refractivity contribution is -0.146. The molecule has 7 heteroatoms. The summed E-state index contributed by atoms with van der Waals surface area (Å²) in [5, 5.41) is 3.39. The molecule has 0 aliphatic rings. The minimum atomic E-state index is -1.07. The summed E-state index contributed by atoms with van der Waals surface area (Å²) in [5.41, 5.74) is 7.75. The van der Waals surface area contributed by atoms with Crippen molar-refractivity contribution in [3.63, 3.8) is 0 Å². The van der Waals surface area contributed by atoms with Crippen LogP contribution in [0.15, 0.2) is 63.8 Å². The van der Waals surface area contributed by atoms with Gasteiger partial charge in [0, 0.05) is 23.2 Å². The molecule has 2 aromatic carbocycles. The Bertz CT molecular complexity index is 1060. The summed E-state index contributed by atoms with van der Waals surface area (Å²) in [6.45, 7) is 1.92. The highest BCUT2D eigenvalue weighted by molar-refractivity contribution is 5.98. The van der Waals surface area contributed by atoms with Gasteiger partial charge < -0.3 is 20.2 Å². The van der Waals surface area contributed by atoms with Crippen LogP contribution in [0.1, 0.15) is 17.5 Å². The maximum Gasteiger partial charge on any atom is 0.336 e. The third kappa shape index (κ3) is 4.83. The zero-order valence-electron chi connectivity index (χ0n) is 15.3. The van der Waals surface area contributed by atoms with Crippen LogP contribution < -0.4 is 16.7 Å². The number of carbonyl (C=O) groups is 2. The van der Waals surface area contributed by atoms with Crippen LogP contribution in [-0.4, -0.2) is 17.9 Å². The van der Waals surface area contributed by atoms with Crippen molar-refractivity contribution in [2.45, 2.75) is 26.0 Å². The van der Waals surface area contributed by atoms with E-state index in [1.165, 1.54) is 6.07 Å². The number of nitrogens with two attached hydrogens (primary N) is 1. The van der Waals surface area contributed by atoms with E-state index in [9.17, 15) is 14.4 Å². The van der Waals surface area contributed by atoms with Gasteiger partial charge in [-0.1, -0.05) is 30.3 Å². The first-order chi connectivity index (χ1) is 13.4. The minimum absolute atomic E-state index is 0.122. The second-order valence-electron chi connectivity index (χ2n) is 6.41. The average Bonchev–Trinajstić information content (AvgIpc) is 2.66. The van der Waals surface area contributed by atoms with Crippen molar-refractivity contribution in [1.29, 1.82) is 0 Å². The Morgan fingerprint density at radius 1 is 1.14 bits per heavy atom. The molecule has 1 aromatic heterocycles. The van der Waals surface area contributed by atoms with Crippen LogP contribution in [-0.2, 0) is 20.9 Å². The molecule has 0 aliphatic heterocycles. The molecule has 3 rings (SSSR count). The number of nitrogens with one attached hydrogen (secondary N) is 1. The van der Waals surface area contributed by atoms with Gasteiger partial charge in [-0.3, -0.25) is 9.59 Å². The van der Waals surface area contributed by atoms with Crippen LogP contribution >= 0.6 is 0 Å². The van der Waals surface area contributed by atoms with E-state index in [2.05, 4.69) is 5.32 Å². The number of carbonyl (C=O) groups excluding carboxylic acids is 2. The lowest BCUT2D eigenvalue weighted by Crippen LogP contribution is -2.37. The molecule has 1 heterocycles. The molecule has 0 spiro atoms. The zero-order chi connectivity index (χ0) is 20.1. The van der Waals surface area contributed by atoms with E-state index in [-0.39, 0.29) is 13.0 Å². The van der Waals surface area contributed by atoms with Gasteiger partial charge >= 0.3 is 11.6 Å². The van der Waals surface area contributed by atoms with Crippen molar-refractivity contribution < 1.29 is 18.7 Å². The molecule has 7 nitrogen and oxygen atoms in total. The summed E-state index contributed by atoms with van der Waals surface area (Å²) < 4.78 is 10.3. The van der Waals surface area contributed by atoms with E-state index in [1.807, 2.05) is 30.3 Å². The first-order valence-electron chi connectivity index (χ1n) is 8.73. The normalized spacial score (nSPS) is 11.8. The van der Waals surface area contributed by atoms with E-state index in [4.69, 9.17) is 14.9 Å².